The van der Waals surface area contributed by atoms with E-state index in [9.17, 15) is 9.59 Å². The third-order valence-electron chi connectivity index (χ3n) is 4.09. The number of carbonyl (C=O) groups is 2. The lowest BCUT2D eigenvalue weighted by Gasteiger charge is -2.18. The number of nitrogens with zero attached hydrogens (tertiary/aromatic N) is 1. The highest BCUT2D eigenvalue weighted by molar-refractivity contribution is 9.10. The number of ether oxygens (including phenoxy) is 1. The van der Waals surface area contributed by atoms with Gasteiger partial charge in [0.25, 0.3) is 0 Å². The molecule has 4 nitrogen and oxygen atoms in total. The summed E-state index contributed by atoms with van der Waals surface area (Å²) in [5, 5.41) is 0. The minimum Gasteiger partial charge on any atom is -0.448 e. The van der Waals surface area contributed by atoms with Crippen molar-refractivity contribution in [1.29, 1.82) is 0 Å². The number of halogens is 1. The monoisotopic (exact) mass is 361 g/mol. The van der Waals surface area contributed by atoms with Gasteiger partial charge in [0.1, 0.15) is 5.92 Å². The van der Waals surface area contributed by atoms with Crippen LogP contribution in [0.2, 0.25) is 0 Å². The number of rotatable bonds is 4. The minimum atomic E-state index is -0.748. The molecule has 5 heteroatoms. The van der Waals surface area contributed by atoms with Crippen LogP contribution in [-0.2, 0) is 14.3 Å². The smallest absolute Gasteiger partial charge is 0.319 e. The number of benzene rings is 1. The quantitative estimate of drug-likeness (QED) is 0.470. The standard InChI is InChI=1S/C17H16BrNO3/c1-2-15(11-7-8-11)22-17(21)12-9-10-19(16(12)20)14-6-4-3-5-13(14)18/h1,3-6,11-12,15H,7-10H2/t12-,15+/m0/s1. The van der Waals surface area contributed by atoms with Gasteiger partial charge in [0.2, 0.25) is 5.91 Å². The number of hydrogen-bond donors (Lipinski definition) is 0. The van der Waals surface area contributed by atoms with Gasteiger partial charge in [-0.05, 0) is 47.3 Å². The van der Waals surface area contributed by atoms with Crippen LogP contribution >= 0.6 is 15.9 Å². The van der Waals surface area contributed by atoms with Crippen molar-refractivity contribution in [2.45, 2.75) is 25.4 Å². The van der Waals surface area contributed by atoms with Crippen LogP contribution in [0.25, 0.3) is 0 Å². The zero-order chi connectivity index (χ0) is 15.7. The molecule has 2 aliphatic rings. The summed E-state index contributed by atoms with van der Waals surface area (Å²) in [6, 6.07) is 7.47. The second-order valence-corrected chi connectivity index (χ2v) is 6.50. The second-order valence-electron chi connectivity index (χ2n) is 5.64. The molecule has 22 heavy (non-hydrogen) atoms. The summed E-state index contributed by atoms with van der Waals surface area (Å²) in [4.78, 5) is 26.4. The maximum atomic E-state index is 12.5. The van der Waals surface area contributed by atoms with E-state index in [0.29, 0.717) is 13.0 Å². The largest absolute Gasteiger partial charge is 0.448 e. The van der Waals surface area contributed by atoms with Crippen LogP contribution in [0.3, 0.4) is 0 Å². The molecule has 0 N–H and O–H groups in total. The molecule has 1 aromatic carbocycles. The van der Waals surface area contributed by atoms with Gasteiger partial charge in [0.15, 0.2) is 6.10 Å². The summed E-state index contributed by atoms with van der Waals surface area (Å²) in [5.74, 6) is 1.32. The third-order valence-corrected chi connectivity index (χ3v) is 4.76. The SMILES string of the molecule is C#C[C@@H](OC(=O)[C@H]1CCN(c2ccccc2Br)C1=O)C1CC1. The molecule has 0 unspecified atom stereocenters. The lowest BCUT2D eigenvalue weighted by molar-refractivity contribution is -0.154. The number of carbonyl (C=O) groups excluding carboxylic acids is 2. The number of esters is 1. The predicted octanol–water partition coefficient (Wildman–Crippen LogP) is 2.76. The van der Waals surface area contributed by atoms with Crippen molar-refractivity contribution < 1.29 is 14.3 Å². The first-order chi connectivity index (χ1) is 10.6. The fourth-order valence-corrected chi connectivity index (χ4v) is 3.18. The first kappa shape index (κ1) is 15.1. The van der Waals surface area contributed by atoms with Crippen LogP contribution in [0.15, 0.2) is 28.7 Å². The number of anilines is 1. The average molecular weight is 362 g/mol. The fraction of sp³-hybridized carbons (Fsp3) is 0.412. The zero-order valence-electron chi connectivity index (χ0n) is 12.0. The Labute approximate surface area is 137 Å². The van der Waals surface area contributed by atoms with Crippen molar-refractivity contribution in [2.24, 2.45) is 11.8 Å². The lowest BCUT2D eigenvalue weighted by Crippen LogP contribution is -2.33. The third kappa shape index (κ3) is 2.89. The van der Waals surface area contributed by atoms with Gasteiger partial charge in [-0.1, -0.05) is 18.1 Å². The van der Waals surface area contributed by atoms with Crippen LogP contribution in [0, 0.1) is 24.2 Å². The number of terminal acetylenes is 1. The van der Waals surface area contributed by atoms with Gasteiger partial charge in [0.05, 0.1) is 5.69 Å². The van der Waals surface area contributed by atoms with Crippen molar-refractivity contribution in [3.05, 3.63) is 28.7 Å². The van der Waals surface area contributed by atoms with E-state index in [2.05, 4.69) is 21.9 Å². The summed E-state index contributed by atoms with van der Waals surface area (Å²) < 4.78 is 6.19. The molecule has 3 rings (SSSR count). The maximum Gasteiger partial charge on any atom is 0.319 e. The van der Waals surface area contributed by atoms with Crippen LogP contribution < -0.4 is 4.90 Å². The molecule has 0 aromatic heterocycles. The Morgan fingerprint density at radius 3 is 2.73 bits per heavy atom. The van der Waals surface area contributed by atoms with Crippen LogP contribution in [-0.4, -0.2) is 24.5 Å². The van der Waals surface area contributed by atoms with Crippen molar-refractivity contribution in [3.63, 3.8) is 0 Å². The van der Waals surface area contributed by atoms with E-state index in [0.717, 1.165) is 23.0 Å². The Hall–Kier alpha value is -1.80. The molecule has 1 amide bonds. The first-order valence-electron chi connectivity index (χ1n) is 7.34. The lowest BCUT2D eigenvalue weighted by atomic mass is 10.1. The van der Waals surface area contributed by atoms with Gasteiger partial charge < -0.3 is 9.64 Å². The van der Waals surface area contributed by atoms with Gasteiger partial charge in [-0.3, -0.25) is 9.59 Å². The summed E-state index contributed by atoms with van der Waals surface area (Å²) in [7, 11) is 0. The molecule has 0 radical (unpaired) electrons. The Bertz CT molecular complexity index is 648. The molecular formula is C17H16BrNO3. The van der Waals surface area contributed by atoms with Crippen molar-refractivity contribution >= 4 is 33.5 Å². The maximum absolute atomic E-state index is 12.5. The first-order valence-corrected chi connectivity index (χ1v) is 8.13. The molecule has 2 atom stereocenters. The molecule has 1 saturated heterocycles. The Kier molecular flexibility index (Phi) is 4.21. The molecule has 1 heterocycles. The molecular weight excluding hydrogens is 346 g/mol. The summed E-state index contributed by atoms with van der Waals surface area (Å²) in [6.07, 6.45) is 7.36. The van der Waals surface area contributed by atoms with E-state index in [1.165, 1.54) is 0 Å². The molecule has 2 fully saturated rings. The van der Waals surface area contributed by atoms with Gasteiger partial charge >= 0.3 is 5.97 Å². The van der Waals surface area contributed by atoms with Crippen LogP contribution in [0.5, 0.6) is 0 Å². The Morgan fingerprint density at radius 2 is 2.09 bits per heavy atom. The number of amides is 1. The minimum absolute atomic E-state index is 0.219. The number of para-hydroxylation sites is 1. The average Bonchev–Trinajstić information content (AvgIpc) is 3.28. The molecule has 0 bridgehead atoms. The summed E-state index contributed by atoms with van der Waals surface area (Å²) >= 11 is 3.43. The van der Waals surface area contributed by atoms with E-state index in [4.69, 9.17) is 11.2 Å². The predicted molar refractivity (Wildman–Crippen MR) is 86.0 cm³/mol. The molecule has 1 aliphatic heterocycles. The summed E-state index contributed by atoms with van der Waals surface area (Å²) in [5.41, 5.74) is 0.776. The fourth-order valence-electron chi connectivity index (χ4n) is 2.68. The zero-order valence-corrected chi connectivity index (χ0v) is 13.6. The molecule has 0 spiro atoms. The Morgan fingerprint density at radius 1 is 1.36 bits per heavy atom. The van der Waals surface area contributed by atoms with Gasteiger partial charge in [-0.15, -0.1) is 6.42 Å². The molecule has 114 valence electrons. The molecule has 1 aliphatic carbocycles. The highest BCUT2D eigenvalue weighted by atomic mass is 79.9. The summed E-state index contributed by atoms with van der Waals surface area (Å²) in [6.45, 7) is 0.505. The van der Waals surface area contributed by atoms with Crippen molar-refractivity contribution in [1.82, 2.24) is 0 Å². The van der Waals surface area contributed by atoms with Gasteiger partial charge in [-0.2, -0.15) is 0 Å². The van der Waals surface area contributed by atoms with Crippen molar-refractivity contribution in [2.75, 3.05) is 11.4 Å². The highest BCUT2D eigenvalue weighted by Gasteiger charge is 2.41. The topological polar surface area (TPSA) is 46.6 Å². The van der Waals surface area contributed by atoms with E-state index in [1.54, 1.807) is 4.90 Å². The van der Waals surface area contributed by atoms with Gasteiger partial charge in [-0.25, -0.2) is 0 Å². The van der Waals surface area contributed by atoms with E-state index >= 15 is 0 Å². The second kappa shape index (κ2) is 6.13. The normalized spacial score (nSPS) is 22.3. The van der Waals surface area contributed by atoms with Crippen LogP contribution in [0.4, 0.5) is 5.69 Å². The van der Waals surface area contributed by atoms with Crippen LogP contribution in [0.1, 0.15) is 19.3 Å². The van der Waals surface area contributed by atoms with E-state index in [1.807, 2.05) is 24.3 Å². The number of hydrogen-bond acceptors (Lipinski definition) is 3. The molecule has 1 saturated carbocycles. The van der Waals surface area contributed by atoms with Gasteiger partial charge in [0, 0.05) is 16.9 Å². The van der Waals surface area contributed by atoms with E-state index < -0.39 is 18.0 Å². The highest BCUT2D eigenvalue weighted by Crippen LogP contribution is 2.36. The van der Waals surface area contributed by atoms with E-state index in [-0.39, 0.29) is 11.8 Å². The van der Waals surface area contributed by atoms with Crippen molar-refractivity contribution in [3.8, 4) is 12.3 Å². The molecule has 1 aromatic rings. The Balaban J connectivity index is 1.69.